The van der Waals surface area contributed by atoms with Crippen molar-refractivity contribution < 1.29 is 9.53 Å². The predicted molar refractivity (Wildman–Crippen MR) is 105 cm³/mol. The van der Waals surface area contributed by atoms with Crippen LogP contribution >= 0.6 is 0 Å². The highest BCUT2D eigenvalue weighted by atomic mass is 16.5. The summed E-state index contributed by atoms with van der Waals surface area (Å²) in [5.41, 5.74) is 1.67. The van der Waals surface area contributed by atoms with Crippen molar-refractivity contribution in [3.63, 3.8) is 0 Å². The van der Waals surface area contributed by atoms with Gasteiger partial charge in [0.25, 0.3) is 5.91 Å². The van der Waals surface area contributed by atoms with Gasteiger partial charge in [-0.2, -0.15) is 0 Å². The van der Waals surface area contributed by atoms with E-state index in [1.807, 2.05) is 29.2 Å². The van der Waals surface area contributed by atoms with Crippen LogP contribution in [0.2, 0.25) is 0 Å². The molecule has 1 amide bonds. The fourth-order valence-electron chi connectivity index (χ4n) is 3.20. The Morgan fingerprint density at radius 1 is 1.15 bits per heavy atom. The molecule has 0 unspecified atom stereocenters. The third kappa shape index (κ3) is 4.95. The van der Waals surface area contributed by atoms with Crippen LogP contribution in [0.3, 0.4) is 0 Å². The molecule has 0 bridgehead atoms. The van der Waals surface area contributed by atoms with Crippen LogP contribution in [0.5, 0.6) is 5.75 Å². The Morgan fingerprint density at radius 2 is 1.85 bits per heavy atom. The molecule has 0 aliphatic carbocycles. The number of likely N-dealkylation sites (N-methyl/N-ethyl adjacent to an activating group) is 1. The van der Waals surface area contributed by atoms with Crippen LogP contribution in [0.15, 0.2) is 36.7 Å². The van der Waals surface area contributed by atoms with Gasteiger partial charge in [-0.25, -0.2) is 9.97 Å². The summed E-state index contributed by atoms with van der Waals surface area (Å²) in [5, 5.41) is 3.19. The topological polar surface area (TPSA) is 70.6 Å². The molecule has 1 saturated heterocycles. The van der Waals surface area contributed by atoms with E-state index in [0.717, 1.165) is 50.5 Å². The van der Waals surface area contributed by atoms with E-state index < -0.39 is 0 Å². The van der Waals surface area contributed by atoms with Crippen LogP contribution in [-0.2, 0) is 6.42 Å². The van der Waals surface area contributed by atoms with E-state index in [2.05, 4.69) is 27.1 Å². The number of ether oxygens (including phenoxy) is 1. The maximum absolute atomic E-state index is 12.6. The van der Waals surface area contributed by atoms with Crippen molar-refractivity contribution in [2.75, 3.05) is 51.7 Å². The number of carbonyl (C=O) groups is 1. The number of anilines is 1. The zero-order valence-corrected chi connectivity index (χ0v) is 16.0. The maximum Gasteiger partial charge on any atom is 0.257 e. The molecule has 1 fully saturated rings. The van der Waals surface area contributed by atoms with Gasteiger partial charge >= 0.3 is 0 Å². The lowest BCUT2D eigenvalue weighted by atomic mass is 10.1. The van der Waals surface area contributed by atoms with Crippen LogP contribution in [-0.4, -0.2) is 72.1 Å². The van der Waals surface area contributed by atoms with Crippen LogP contribution < -0.4 is 10.1 Å². The van der Waals surface area contributed by atoms with Crippen molar-refractivity contribution in [1.82, 2.24) is 19.8 Å². The van der Waals surface area contributed by atoms with E-state index in [1.165, 1.54) is 0 Å². The Kier molecular flexibility index (Phi) is 6.59. The summed E-state index contributed by atoms with van der Waals surface area (Å²) >= 11 is 0. The molecule has 144 valence electrons. The number of amides is 1. The molecule has 1 N–H and O–H groups in total. The van der Waals surface area contributed by atoms with Crippen molar-refractivity contribution >= 4 is 11.9 Å². The van der Waals surface area contributed by atoms with Crippen molar-refractivity contribution in [2.24, 2.45) is 0 Å². The van der Waals surface area contributed by atoms with Crippen molar-refractivity contribution in [2.45, 2.75) is 13.3 Å². The van der Waals surface area contributed by atoms with Gasteiger partial charge in [-0.3, -0.25) is 4.79 Å². The number of piperazine rings is 1. The molecule has 0 atom stereocenters. The van der Waals surface area contributed by atoms with Gasteiger partial charge in [0.1, 0.15) is 5.75 Å². The summed E-state index contributed by atoms with van der Waals surface area (Å²) in [7, 11) is 1.67. The van der Waals surface area contributed by atoms with Gasteiger partial charge in [0, 0.05) is 45.1 Å². The number of hydrogen-bond donors (Lipinski definition) is 1. The Balaban J connectivity index is 1.50. The molecule has 7 heteroatoms. The monoisotopic (exact) mass is 369 g/mol. The number of methoxy groups -OCH3 is 1. The summed E-state index contributed by atoms with van der Waals surface area (Å²) in [4.78, 5) is 25.4. The molecule has 1 aliphatic heterocycles. The Bertz CT molecular complexity index is 742. The first-order chi connectivity index (χ1) is 13.2. The van der Waals surface area contributed by atoms with Crippen molar-refractivity contribution in [3.05, 3.63) is 47.8 Å². The highest BCUT2D eigenvalue weighted by molar-refractivity contribution is 5.93. The molecule has 3 rings (SSSR count). The second-order valence-corrected chi connectivity index (χ2v) is 6.51. The molecule has 2 heterocycles. The smallest absolute Gasteiger partial charge is 0.257 e. The van der Waals surface area contributed by atoms with Crippen LogP contribution in [0.25, 0.3) is 0 Å². The van der Waals surface area contributed by atoms with Gasteiger partial charge in [0.2, 0.25) is 5.95 Å². The maximum atomic E-state index is 12.6. The Morgan fingerprint density at radius 3 is 2.52 bits per heavy atom. The van der Waals surface area contributed by atoms with Crippen LogP contribution in [0, 0.1) is 0 Å². The van der Waals surface area contributed by atoms with E-state index in [0.29, 0.717) is 18.1 Å². The summed E-state index contributed by atoms with van der Waals surface area (Å²) in [5.74, 6) is 1.41. The first-order valence-electron chi connectivity index (χ1n) is 9.40. The lowest BCUT2D eigenvalue weighted by molar-refractivity contribution is 0.0642. The second kappa shape index (κ2) is 9.32. The zero-order valence-electron chi connectivity index (χ0n) is 16.0. The van der Waals surface area contributed by atoms with Gasteiger partial charge in [-0.1, -0.05) is 25.1 Å². The summed E-state index contributed by atoms with van der Waals surface area (Å²) in [6.07, 6.45) is 4.01. The number of hydrogen-bond acceptors (Lipinski definition) is 6. The average Bonchev–Trinajstić information content (AvgIpc) is 2.74. The van der Waals surface area contributed by atoms with E-state index >= 15 is 0 Å². The molecule has 1 aromatic carbocycles. The van der Waals surface area contributed by atoms with Gasteiger partial charge in [0.15, 0.2) is 0 Å². The summed E-state index contributed by atoms with van der Waals surface area (Å²) in [6, 6.07) is 7.94. The molecule has 7 nitrogen and oxygen atoms in total. The van der Waals surface area contributed by atoms with E-state index in [9.17, 15) is 4.79 Å². The van der Waals surface area contributed by atoms with Gasteiger partial charge in [-0.05, 0) is 24.6 Å². The first kappa shape index (κ1) is 19.1. The zero-order chi connectivity index (χ0) is 19.1. The van der Waals surface area contributed by atoms with Gasteiger partial charge in [-0.15, -0.1) is 0 Å². The normalized spacial score (nSPS) is 14.8. The molecule has 1 aromatic heterocycles. The Labute approximate surface area is 160 Å². The number of carbonyl (C=O) groups excluding carboxylic acids is 1. The number of nitrogens with one attached hydrogen (secondary N) is 1. The van der Waals surface area contributed by atoms with Gasteiger partial charge < -0.3 is 19.9 Å². The summed E-state index contributed by atoms with van der Waals surface area (Å²) in [6.45, 7) is 7.21. The summed E-state index contributed by atoms with van der Waals surface area (Å²) < 4.78 is 5.36. The minimum Gasteiger partial charge on any atom is -0.496 e. The second-order valence-electron chi connectivity index (χ2n) is 6.51. The van der Waals surface area contributed by atoms with E-state index in [1.54, 1.807) is 19.5 Å². The predicted octanol–water partition coefficient (Wildman–Crippen LogP) is 1.92. The quantitative estimate of drug-likeness (QED) is 0.804. The molecule has 2 aromatic rings. The minimum absolute atomic E-state index is 0.00586. The standard InChI is InChI=1S/C20H27N5O2/c1-3-24-10-12-25(13-11-24)19(26)17-14-22-20(23-15-17)21-9-8-16-6-4-5-7-18(16)27-2/h4-7,14-15H,3,8-13H2,1-2H3,(H,21,22,23). The number of rotatable bonds is 7. The average molecular weight is 369 g/mol. The molecule has 0 radical (unpaired) electrons. The van der Waals surface area contributed by atoms with E-state index in [-0.39, 0.29) is 5.91 Å². The Hall–Kier alpha value is -2.67. The molecular weight excluding hydrogens is 342 g/mol. The van der Waals surface area contributed by atoms with Crippen molar-refractivity contribution in [1.29, 1.82) is 0 Å². The van der Waals surface area contributed by atoms with Gasteiger partial charge in [0.05, 0.1) is 12.7 Å². The molecular formula is C20H27N5O2. The number of aromatic nitrogens is 2. The van der Waals surface area contributed by atoms with Crippen LogP contribution in [0.4, 0.5) is 5.95 Å². The fraction of sp³-hybridized carbons (Fsp3) is 0.450. The van der Waals surface area contributed by atoms with E-state index in [4.69, 9.17) is 4.74 Å². The number of benzene rings is 1. The molecule has 0 saturated carbocycles. The third-order valence-corrected chi connectivity index (χ3v) is 4.88. The fourth-order valence-corrected chi connectivity index (χ4v) is 3.20. The lowest BCUT2D eigenvalue weighted by Crippen LogP contribution is -2.48. The third-order valence-electron chi connectivity index (χ3n) is 4.88. The van der Waals surface area contributed by atoms with Crippen LogP contribution in [0.1, 0.15) is 22.8 Å². The molecule has 27 heavy (non-hydrogen) atoms. The lowest BCUT2D eigenvalue weighted by Gasteiger charge is -2.33. The number of nitrogens with zero attached hydrogens (tertiary/aromatic N) is 4. The van der Waals surface area contributed by atoms with Crippen molar-refractivity contribution in [3.8, 4) is 5.75 Å². The highest BCUT2D eigenvalue weighted by Crippen LogP contribution is 2.17. The first-order valence-corrected chi connectivity index (χ1v) is 9.40. The highest BCUT2D eigenvalue weighted by Gasteiger charge is 2.21. The SMILES string of the molecule is CCN1CCN(C(=O)c2cnc(NCCc3ccccc3OC)nc2)CC1. The number of para-hydroxylation sites is 1. The molecule has 1 aliphatic rings. The largest absolute Gasteiger partial charge is 0.496 e. The molecule has 0 spiro atoms. The minimum atomic E-state index is 0.00586.